The number of rotatable bonds is 7. The highest BCUT2D eigenvalue weighted by molar-refractivity contribution is 6.01. The number of nitrogens with zero attached hydrogens (tertiary/aromatic N) is 3. The minimum absolute atomic E-state index is 0.0122. The number of hydrogen-bond acceptors (Lipinski definition) is 3. The van der Waals surface area contributed by atoms with Crippen molar-refractivity contribution < 1.29 is 9.59 Å². The lowest BCUT2D eigenvalue weighted by atomic mass is 10.1. The standard InChI is InChI=1S/C23H26N4O2/c1-4-26(16-21(28)24-17(2)3)23(29)20-15-27(19-13-9-6-10-14-19)25-22(20)18-11-7-5-8-12-18/h5-15,17H,4,16H2,1-3H3,(H,24,28). The van der Waals surface area contributed by atoms with Crippen molar-refractivity contribution in [1.29, 1.82) is 0 Å². The summed E-state index contributed by atoms with van der Waals surface area (Å²) in [6.07, 6.45) is 1.74. The van der Waals surface area contributed by atoms with Gasteiger partial charge >= 0.3 is 0 Å². The fourth-order valence-electron chi connectivity index (χ4n) is 3.09. The molecule has 0 aliphatic carbocycles. The van der Waals surface area contributed by atoms with Crippen molar-refractivity contribution in [2.45, 2.75) is 26.8 Å². The van der Waals surface area contributed by atoms with Crippen molar-refractivity contribution in [3.8, 4) is 16.9 Å². The second-order valence-electron chi connectivity index (χ2n) is 7.08. The van der Waals surface area contributed by atoms with E-state index in [-0.39, 0.29) is 24.4 Å². The summed E-state index contributed by atoms with van der Waals surface area (Å²) in [4.78, 5) is 27.1. The van der Waals surface area contributed by atoms with Crippen LogP contribution in [0, 0.1) is 0 Å². The third-order valence-corrected chi connectivity index (χ3v) is 4.47. The van der Waals surface area contributed by atoms with E-state index in [0.717, 1.165) is 11.3 Å². The molecule has 0 saturated carbocycles. The average molecular weight is 390 g/mol. The molecule has 0 bridgehead atoms. The Morgan fingerprint density at radius 3 is 2.24 bits per heavy atom. The topological polar surface area (TPSA) is 67.2 Å². The summed E-state index contributed by atoms with van der Waals surface area (Å²) in [6, 6.07) is 19.3. The summed E-state index contributed by atoms with van der Waals surface area (Å²) in [5, 5.41) is 7.52. The van der Waals surface area contributed by atoms with Crippen LogP contribution >= 0.6 is 0 Å². The predicted octanol–water partition coefficient (Wildman–Crippen LogP) is 3.53. The summed E-state index contributed by atoms with van der Waals surface area (Å²) in [5.41, 5.74) is 2.79. The summed E-state index contributed by atoms with van der Waals surface area (Å²) < 4.78 is 1.71. The molecule has 0 saturated heterocycles. The normalized spacial score (nSPS) is 10.8. The van der Waals surface area contributed by atoms with Crippen LogP contribution in [0.5, 0.6) is 0 Å². The van der Waals surface area contributed by atoms with Gasteiger partial charge in [-0.05, 0) is 32.9 Å². The molecule has 1 N–H and O–H groups in total. The third kappa shape index (κ3) is 4.90. The average Bonchev–Trinajstić information content (AvgIpc) is 3.18. The molecular formula is C23H26N4O2. The highest BCUT2D eigenvalue weighted by Crippen LogP contribution is 2.25. The zero-order valence-corrected chi connectivity index (χ0v) is 17.0. The Balaban J connectivity index is 1.98. The SMILES string of the molecule is CCN(CC(=O)NC(C)C)C(=O)c1cn(-c2ccccc2)nc1-c1ccccc1. The van der Waals surface area contributed by atoms with Crippen LogP contribution in [-0.2, 0) is 4.79 Å². The number of likely N-dealkylation sites (N-methyl/N-ethyl adjacent to an activating group) is 1. The molecule has 0 aliphatic heterocycles. The summed E-state index contributed by atoms with van der Waals surface area (Å²) >= 11 is 0. The first-order valence-corrected chi connectivity index (χ1v) is 9.78. The van der Waals surface area contributed by atoms with Crippen molar-refractivity contribution in [1.82, 2.24) is 20.0 Å². The molecule has 1 aromatic heterocycles. The Morgan fingerprint density at radius 1 is 1.03 bits per heavy atom. The van der Waals surface area contributed by atoms with E-state index in [4.69, 9.17) is 0 Å². The highest BCUT2D eigenvalue weighted by atomic mass is 16.2. The maximum Gasteiger partial charge on any atom is 0.258 e. The van der Waals surface area contributed by atoms with E-state index in [1.165, 1.54) is 4.90 Å². The number of nitrogens with one attached hydrogen (secondary N) is 1. The van der Waals surface area contributed by atoms with Crippen molar-refractivity contribution in [3.63, 3.8) is 0 Å². The smallest absolute Gasteiger partial charge is 0.258 e. The first-order chi connectivity index (χ1) is 14.0. The van der Waals surface area contributed by atoms with E-state index < -0.39 is 0 Å². The number of para-hydroxylation sites is 1. The van der Waals surface area contributed by atoms with Gasteiger partial charge in [0.2, 0.25) is 5.91 Å². The molecule has 2 amide bonds. The van der Waals surface area contributed by atoms with Crippen LogP contribution in [0.3, 0.4) is 0 Å². The van der Waals surface area contributed by atoms with E-state index in [1.807, 2.05) is 81.4 Å². The molecule has 0 unspecified atom stereocenters. The van der Waals surface area contributed by atoms with E-state index >= 15 is 0 Å². The van der Waals surface area contributed by atoms with Crippen LogP contribution in [-0.4, -0.2) is 45.6 Å². The summed E-state index contributed by atoms with van der Waals surface area (Å²) in [5.74, 6) is -0.389. The van der Waals surface area contributed by atoms with Gasteiger partial charge in [0.05, 0.1) is 17.8 Å². The van der Waals surface area contributed by atoms with Gasteiger partial charge in [-0.25, -0.2) is 4.68 Å². The zero-order chi connectivity index (χ0) is 20.8. The minimum atomic E-state index is -0.215. The van der Waals surface area contributed by atoms with Gasteiger partial charge in [-0.15, -0.1) is 0 Å². The first-order valence-electron chi connectivity index (χ1n) is 9.78. The van der Waals surface area contributed by atoms with E-state index in [2.05, 4.69) is 10.4 Å². The fourth-order valence-corrected chi connectivity index (χ4v) is 3.09. The molecule has 0 radical (unpaired) electrons. The summed E-state index contributed by atoms with van der Waals surface area (Å²) in [6.45, 7) is 6.10. The van der Waals surface area contributed by atoms with Gasteiger partial charge in [0.25, 0.3) is 5.91 Å². The Hall–Kier alpha value is -3.41. The number of amides is 2. The number of carbonyl (C=O) groups is 2. The molecular weight excluding hydrogens is 364 g/mol. The minimum Gasteiger partial charge on any atom is -0.352 e. The van der Waals surface area contributed by atoms with Crippen LogP contribution in [0.2, 0.25) is 0 Å². The molecule has 1 heterocycles. The fraction of sp³-hybridized carbons (Fsp3) is 0.261. The monoisotopic (exact) mass is 390 g/mol. The Labute approximate surface area is 171 Å². The van der Waals surface area contributed by atoms with Crippen LogP contribution in [0.25, 0.3) is 16.9 Å². The van der Waals surface area contributed by atoms with Gasteiger partial charge in [-0.3, -0.25) is 9.59 Å². The maximum atomic E-state index is 13.3. The van der Waals surface area contributed by atoms with Crippen LogP contribution in [0.15, 0.2) is 66.9 Å². The van der Waals surface area contributed by atoms with Gasteiger partial charge in [0, 0.05) is 24.3 Å². The predicted molar refractivity (Wildman–Crippen MR) is 114 cm³/mol. The Morgan fingerprint density at radius 2 is 1.66 bits per heavy atom. The second kappa shape index (κ2) is 9.19. The maximum absolute atomic E-state index is 13.3. The van der Waals surface area contributed by atoms with E-state index in [9.17, 15) is 9.59 Å². The molecule has 0 spiro atoms. The second-order valence-corrected chi connectivity index (χ2v) is 7.08. The van der Waals surface area contributed by atoms with Crippen molar-refractivity contribution >= 4 is 11.8 Å². The van der Waals surface area contributed by atoms with Gasteiger partial charge in [-0.1, -0.05) is 48.5 Å². The van der Waals surface area contributed by atoms with Gasteiger partial charge < -0.3 is 10.2 Å². The molecule has 29 heavy (non-hydrogen) atoms. The lowest BCUT2D eigenvalue weighted by molar-refractivity contribution is -0.122. The molecule has 0 fully saturated rings. The zero-order valence-electron chi connectivity index (χ0n) is 17.0. The van der Waals surface area contributed by atoms with E-state index in [0.29, 0.717) is 17.8 Å². The molecule has 2 aromatic carbocycles. The molecule has 150 valence electrons. The Bertz CT molecular complexity index is 965. The lowest BCUT2D eigenvalue weighted by Crippen LogP contribution is -2.42. The van der Waals surface area contributed by atoms with Crippen LogP contribution in [0.4, 0.5) is 0 Å². The Kier molecular flexibility index (Phi) is 6.44. The lowest BCUT2D eigenvalue weighted by Gasteiger charge is -2.21. The molecule has 0 atom stereocenters. The van der Waals surface area contributed by atoms with Crippen molar-refractivity contribution in [2.24, 2.45) is 0 Å². The first kappa shape index (κ1) is 20.3. The van der Waals surface area contributed by atoms with Crippen molar-refractivity contribution in [2.75, 3.05) is 13.1 Å². The summed E-state index contributed by atoms with van der Waals surface area (Å²) in [7, 11) is 0. The highest BCUT2D eigenvalue weighted by Gasteiger charge is 2.24. The van der Waals surface area contributed by atoms with Gasteiger partial charge in [0.1, 0.15) is 5.69 Å². The third-order valence-electron chi connectivity index (χ3n) is 4.47. The number of hydrogen-bond donors (Lipinski definition) is 1. The molecule has 3 rings (SSSR count). The molecule has 3 aromatic rings. The van der Waals surface area contributed by atoms with Gasteiger partial charge in [-0.2, -0.15) is 5.10 Å². The number of benzene rings is 2. The van der Waals surface area contributed by atoms with Gasteiger partial charge in [0.15, 0.2) is 0 Å². The largest absolute Gasteiger partial charge is 0.352 e. The number of aromatic nitrogens is 2. The van der Waals surface area contributed by atoms with Crippen molar-refractivity contribution in [3.05, 3.63) is 72.4 Å². The van der Waals surface area contributed by atoms with Crippen LogP contribution < -0.4 is 5.32 Å². The molecule has 0 aliphatic rings. The quantitative estimate of drug-likeness (QED) is 0.671. The molecule has 6 heteroatoms. The number of carbonyl (C=O) groups excluding carboxylic acids is 2. The van der Waals surface area contributed by atoms with E-state index in [1.54, 1.807) is 10.9 Å². The molecule has 6 nitrogen and oxygen atoms in total. The van der Waals surface area contributed by atoms with Crippen LogP contribution in [0.1, 0.15) is 31.1 Å².